The Kier molecular flexibility index (Phi) is 3.20. The van der Waals surface area contributed by atoms with Crippen molar-refractivity contribution in [1.29, 1.82) is 0 Å². The molecule has 0 aromatic carbocycles. The third-order valence-corrected chi connectivity index (χ3v) is 3.10. The summed E-state index contributed by atoms with van der Waals surface area (Å²) < 4.78 is 11.0. The summed E-state index contributed by atoms with van der Waals surface area (Å²) in [5.41, 5.74) is 1.94. The second kappa shape index (κ2) is 5.00. The second-order valence-electron chi connectivity index (χ2n) is 4.05. The minimum absolute atomic E-state index is 0.0875. The molecule has 0 radical (unpaired) electrons. The fourth-order valence-corrected chi connectivity index (χ4v) is 2.09. The zero-order valence-corrected chi connectivity index (χ0v) is 11.4. The number of carbonyl (C=O) groups excluding carboxylic acids is 1. The third kappa shape index (κ3) is 2.60. The van der Waals surface area contributed by atoms with Crippen molar-refractivity contribution in [3.05, 3.63) is 34.4 Å². The summed E-state index contributed by atoms with van der Waals surface area (Å²) in [6, 6.07) is 1.87. The van der Waals surface area contributed by atoms with E-state index in [2.05, 4.69) is 30.9 Å². The van der Waals surface area contributed by atoms with Crippen molar-refractivity contribution >= 4 is 33.1 Å². The van der Waals surface area contributed by atoms with Gasteiger partial charge in [0.1, 0.15) is 12.4 Å². The first-order valence-electron chi connectivity index (χ1n) is 5.70. The summed E-state index contributed by atoms with van der Waals surface area (Å²) in [6.07, 6.45) is 3.70. The van der Waals surface area contributed by atoms with Crippen LogP contribution in [0.25, 0.3) is 11.2 Å². The SMILES string of the molecule is O=C(OCc1nc2ncc(Br)cc2[nH]1)C1=COCC1. The summed E-state index contributed by atoms with van der Waals surface area (Å²) in [4.78, 5) is 23.1. The number of aromatic nitrogens is 3. The van der Waals surface area contributed by atoms with E-state index in [0.717, 1.165) is 9.99 Å². The quantitative estimate of drug-likeness (QED) is 0.875. The van der Waals surface area contributed by atoms with E-state index in [9.17, 15) is 4.79 Å². The van der Waals surface area contributed by atoms with E-state index in [-0.39, 0.29) is 12.6 Å². The van der Waals surface area contributed by atoms with Gasteiger partial charge >= 0.3 is 5.97 Å². The molecule has 0 amide bonds. The number of nitrogens with zero attached hydrogens (tertiary/aromatic N) is 2. The molecule has 0 aliphatic carbocycles. The number of nitrogens with one attached hydrogen (secondary N) is 1. The Labute approximate surface area is 117 Å². The molecule has 6 nitrogen and oxygen atoms in total. The highest BCUT2D eigenvalue weighted by Crippen LogP contribution is 2.16. The van der Waals surface area contributed by atoms with E-state index in [1.54, 1.807) is 6.20 Å². The predicted octanol–water partition coefficient (Wildman–Crippen LogP) is 2.07. The molecular weight excluding hydrogens is 314 g/mol. The Bertz CT molecular complexity index is 665. The lowest BCUT2D eigenvalue weighted by atomic mass is 10.2. The fourth-order valence-electron chi connectivity index (χ4n) is 1.76. The molecule has 2 aromatic heterocycles. The molecule has 3 rings (SSSR count). The summed E-state index contributed by atoms with van der Waals surface area (Å²) >= 11 is 3.33. The van der Waals surface area contributed by atoms with E-state index in [1.807, 2.05) is 6.07 Å². The van der Waals surface area contributed by atoms with E-state index in [4.69, 9.17) is 9.47 Å². The van der Waals surface area contributed by atoms with E-state index in [1.165, 1.54) is 6.26 Å². The highest BCUT2D eigenvalue weighted by molar-refractivity contribution is 9.10. The van der Waals surface area contributed by atoms with Gasteiger partial charge in [-0.3, -0.25) is 0 Å². The first-order valence-corrected chi connectivity index (χ1v) is 6.49. The molecule has 2 aromatic rings. The largest absolute Gasteiger partial charge is 0.500 e. The van der Waals surface area contributed by atoms with Crippen LogP contribution >= 0.6 is 15.9 Å². The maximum absolute atomic E-state index is 11.7. The van der Waals surface area contributed by atoms with Gasteiger partial charge in [-0.15, -0.1) is 0 Å². The zero-order chi connectivity index (χ0) is 13.2. The molecular formula is C12H10BrN3O3. The van der Waals surface area contributed by atoms with Crippen molar-refractivity contribution in [2.75, 3.05) is 6.61 Å². The lowest BCUT2D eigenvalue weighted by Gasteiger charge is -2.01. The number of rotatable bonds is 3. The minimum Gasteiger partial charge on any atom is -0.500 e. The molecule has 7 heteroatoms. The van der Waals surface area contributed by atoms with E-state index in [0.29, 0.717) is 30.1 Å². The number of hydrogen-bond acceptors (Lipinski definition) is 5. The van der Waals surface area contributed by atoms with E-state index < -0.39 is 0 Å². The zero-order valence-electron chi connectivity index (χ0n) is 9.85. The van der Waals surface area contributed by atoms with Crippen LogP contribution in [0.5, 0.6) is 0 Å². The Hall–Kier alpha value is -1.89. The van der Waals surface area contributed by atoms with E-state index >= 15 is 0 Å². The van der Waals surface area contributed by atoms with Gasteiger partial charge in [0.2, 0.25) is 0 Å². The average molecular weight is 324 g/mol. The molecule has 0 fully saturated rings. The molecule has 1 aliphatic rings. The van der Waals surface area contributed by atoms with Gasteiger partial charge in [0, 0.05) is 17.1 Å². The van der Waals surface area contributed by atoms with Gasteiger partial charge in [0.25, 0.3) is 0 Å². The van der Waals surface area contributed by atoms with Crippen LogP contribution in [-0.2, 0) is 20.9 Å². The van der Waals surface area contributed by atoms with Gasteiger partial charge in [-0.25, -0.2) is 14.8 Å². The number of hydrogen-bond donors (Lipinski definition) is 1. The number of carbonyl (C=O) groups is 1. The third-order valence-electron chi connectivity index (χ3n) is 2.67. The van der Waals surface area contributed by atoms with Crippen molar-refractivity contribution in [2.45, 2.75) is 13.0 Å². The van der Waals surface area contributed by atoms with Crippen LogP contribution in [-0.4, -0.2) is 27.5 Å². The maximum atomic E-state index is 11.7. The molecule has 0 spiro atoms. The molecule has 98 valence electrons. The second-order valence-corrected chi connectivity index (χ2v) is 4.96. The van der Waals surface area contributed by atoms with Gasteiger partial charge < -0.3 is 14.5 Å². The number of ether oxygens (including phenoxy) is 2. The standard InChI is InChI=1S/C12H10BrN3O3/c13-8-3-9-11(14-4-8)16-10(15-9)6-19-12(17)7-1-2-18-5-7/h3-5H,1-2,6H2,(H,14,15,16). The van der Waals surface area contributed by atoms with Crippen LogP contribution in [0.15, 0.2) is 28.6 Å². The normalized spacial score (nSPS) is 14.3. The molecule has 1 N–H and O–H groups in total. The minimum atomic E-state index is -0.368. The summed E-state index contributed by atoms with van der Waals surface area (Å²) in [6.45, 7) is 0.622. The fraction of sp³-hybridized carbons (Fsp3) is 0.250. The molecule has 0 saturated heterocycles. The van der Waals surface area contributed by atoms with Gasteiger partial charge in [-0.2, -0.15) is 0 Å². The predicted molar refractivity (Wildman–Crippen MR) is 70.0 cm³/mol. The van der Waals surface area contributed by atoms with Gasteiger partial charge in [-0.1, -0.05) is 0 Å². The van der Waals surface area contributed by atoms with Crippen LogP contribution in [0.4, 0.5) is 0 Å². The van der Waals surface area contributed by atoms with Crippen LogP contribution in [0.3, 0.4) is 0 Å². The van der Waals surface area contributed by atoms with Crippen LogP contribution in [0.2, 0.25) is 0 Å². The van der Waals surface area contributed by atoms with Crippen LogP contribution in [0.1, 0.15) is 12.2 Å². The van der Waals surface area contributed by atoms with Crippen molar-refractivity contribution < 1.29 is 14.3 Å². The molecule has 0 unspecified atom stereocenters. The number of aromatic amines is 1. The average Bonchev–Trinajstić information content (AvgIpc) is 3.04. The lowest BCUT2D eigenvalue weighted by Crippen LogP contribution is -2.07. The Morgan fingerprint density at radius 1 is 1.58 bits per heavy atom. The number of fused-ring (bicyclic) bond motifs is 1. The van der Waals surface area contributed by atoms with Crippen LogP contribution < -0.4 is 0 Å². The van der Waals surface area contributed by atoms with Crippen molar-refractivity contribution in [1.82, 2.24) is 15.0 Å². The number of pyridine rings is 1. The van der Waals surface area contributed by atoms with Crippen molar-refractivity contribution in [3.63, 3.8) is 0 Å². The summed E-state index contributed by atoms with van der Waals surface area (Å²) in [5.74, 6) is 0.195. The molecule has 19 heavy (non-hydrogen) atoms. The Morgan fingerprint density at radius 3 is 3.26 bits per heavy atom. The highest BCUT2D eigenvalue weighted by Gasteiger charge is 2.16. The molecule has 0 atom stereocenters. The topological polar surface area (TPSA) is 77.1 Å². The molecule has 1 aliphatic heterocycles. The number of halogens is 1. The Balaban J connectivity index is 1.69. The summed E-state index contributed by atoms with van der Waals surface area (Å²) in [5, 5.41) is 0. The monoisotopic (exact) mass is 323 g/mol. The number of H-pyrrole nitrogens is 1. The number of esters is 1. The van der Waals surface area contributed by atoms with Crippen LogP contribution in [0, 0.1) is 0 Å². The van der Waals surface area contributed by atoms with Crippen molar-refractivity contribution in [2.24, 2.45) is 0 Å². The van der Waals surface area contributed by atoms with Gasteiger partial charge in [0.05, 0.1) is 24.0 Å². The Morgan fingerprint density at radius 2 is 2.47 bits per heavy atom. The summed E-state index contributed by atoms with van der Waals surface area (Å²) in [7, 11) is 0. The number of imidazole rings is 1. The first kappa shape index (κ1) is 12.2. The van der Waals surface area contributed by atoms with Gasteiger partial charge in [-0.05, 0) is 22.0 Å². The molecule has 0 saturated carbocycles. The first-order chi connectivity index (χ1) is 9.22. The maximum Gasteiger partial charge on any atom is 0.337 e. The molecule has 3 heterocycles. The lowest BCUT2D eigenvalue weighted by molar-refractivity contribution is -0.140. The molecule has 0 bridgehead atoms. The smallest absolute Gasteiger partial charge is 0.337 e. The van der Waals surface area contributed by atoms with Gasteiger partial charge in [0.15, 0.2) is 5.65 Å². The highest BCUT2D eigenvalue weighted by atomic mass is 79.9. The van der Waals surface area contributed by atoms with Crippen molar-refractivity contribution in [3.8, 4) is 0 Å².